The summed E-state index contributed by atoms with van der Waals surface area (Å²) in [6, 6.07) is 1.51. The van der Waals surface area contributed by atoms with E-state index in [1.165, 1.54) is 51.7 Å². The van der Waals surface area contributed by atoms with E-state index in [4.69, 9.17) is 9.47 Å². The quantitative estimate of drug-likeness (QED) is 0.741. The van der Waals surface area contributed by atoms with Crippen LogP contribution in [0.15, 0.2) is 0 Å². The standard InChI is InChI=1S/C18H29N3O2/c1-19-9-14(17(19)3-2-4-17)21-10-15(18(21)12-23-13-18)20-7-5-16(20)6-8-22-11-16/h14-15H,2-13H2,1H3/t14-,15-,16?/m0/s1. The summed E-state index contributed by atoms with van der Waals surface area (Å²) >= 11 is 0. The zero-order chi connectivity index (χ0) is 15.3. The van der Waals surface area contributed by atoms with Crippen LogP contribution >= 0.6 is 0 Å². The number of hydrogen-bond acceptors (Lipinski definition) is 5. The van der Waals surface area contributed by atoms with Crippen molar-refractivity contribution in [3.63, 3.8) is 0 Å². The molecule has 5 heterocycles. The molecule has 0 aromatic carbocycles. The lowest BCUT2D eigenvalue weighted by molar-refractivity contribution is -0.304. The summed E-state index contributed by atoms with van der Waals surface area (Å²) in [5, 5.41) is 0. The van der Waals surface area contributed by atoms with Crippen molar-refractivity contribution in [2.24, 2.45) is 0 Å². The smallest absolute Gasteiger partial charge is 0.0852 e. The molecule has 5 aliphatic heterocycles. The Morgan fingerprint density at radius 2 is 1.65 bits per heavy atom. The summed E-state index contributed by atoms with van der Waals surface area (Å²) in [5.41, 5.74) is 1.26. The second kappa shape index (κ2) is 4.31. The number of rotatable bonds is 2. The minimum atomic E-state index is 0.338. The van der Waals surface area contributed by atoms with Crippen molar-refractivity contribution in [3.05, 3.63) is 0 Å². The molecule has 0 bridgehead atoms. The van der Waals surface area contributed by atoms with Gasteiger partial charge in [0.2, 0.25) is 0 Å². The Hall–Kier alpha value is -0.200. The van der Waals surface area contributed by atoms with Crippen LogP contribution in [0.2, 0.25) is 0 Å². The van der Waals surface area contributed by atoms with Gasteiger partial charge in [0, 0.05) is 49.4 Å². The SMILES string of the molecule is CN1C[C@H](N2C[C@H](N3CCC34CCOC4)C23COC3)C12CCC2. The normalized spacial score (nSPS) is 47.9. The van der Waals surface area contributed by atoms with E-state index < -0.39 is 0 Å². The van der Waals surface area contributed by atoms with Crippen LogP contribution in [-0.4, -0.2) is 96.5 Å². The molecule has 1 saturated carbocycles. The lowest BCUT2D eigenvalue weighted by Crippen LogP contribution is -2.92. The molecule has 0 radical (unpaired) electrons. The van der Waals surface area contributed by atoms with E-state index in [0.29, 0.717) is 16.6 Å². The minimum absolute atomic E-state index is 0.338. The Morgan fingerprint density at radius 1 is 0.826 bits per heavy atom. The summed E-state index contributed by atoms with van der Waals surface area (Å²) in [7, 11) is 2.33. The molecule has 6 aliphatic rings. The van der Waals surface area contributed by atoms with E-state index in [9.17, 15) is 0 Å². The molecule has 1 aliphatic carbocycles. The maximum Gasteiger partial charge on any atom is 0.0852 e. The van der Waals surface area contributed by atoms with E-state index >= 15 is 0 Å². The fraction of sp³-hybridized carbons (Fsp3) is 1.00. The van der Waals surface area contributed by atoms with Crippen molar-refractivity contribution < 1.29 is 9.47 Å². The van der Waals surface area contributed by atoms with Crippen molar-refractivity contribution in [1.82, 2.24) is 14.7 Å². The molecule has 5 saturated heterocycles. The largest absolute Gasteiger partial charge is 0.379 e. The Morgan fingerprint density at radius 3 is 2.13 bits per heavy atom. The molecule has 1 unspecified atom stereocenters. The molecule has 6 fully saturated rings. The number of likely N-dealkylation sites (tertiary alicyclic amines) is 3. The van der Waals surface area contributed by atoms with Crippen molar-refractivity contribution >= 4 is 0 Å². The maximum atomic E-state index is 5.76. The van der Waals surface area contributed by atoms with Crippen molar-refractivity contribution in [3.8, 4) is 0 Å². The van der Waals surface area contributed by atoms with Crippen molar-refractivity contribution in [1.29, 1.82) is 0 Å². The first kappa shape index (κ1) is 14.0. The Bertz CT molecular complexity index is 510. The molecule has 23 heavy (non-hydrogen) atoms. The van der Waals surface area contributed by atoms with Gasteiger partial charge in [-0.15, -0.1) is 0 Å². The highest BCUT2D eigenvalue weighted by molar-refractivity contribution is 5.26. The van der Waals surface area contributed by atoms with Gasteiger partial charge in [0.25, 0.3) is 0 Å². The van der Waals surface area contributed by atoms with Gasteiger partial charge in [0.05, 0.1) is 25.4 Å². The van der Waals surface area contributed by atoms with E-state index in [1.807, 2.05) is 0 Å². The average molecular weight is 319 g/mol. The highest BCUT2D eigenvalue weighted by Gasteiger charge is 2.70. The van der Waals surface area contributed by atoms with Gasteiger partial charge in [-0.2, -0.15) is 0 Å². The molecule has 3 spiro atoms. The average Bonchev–Trinajstić information content (AvgIpc) is 2.87. The highest BCUT2D eigenvalue weighted by atomic mass is 16.5. The second-order valence-corrected chi connectivity index (χ2v) is 9.09. The number of nitrogens with zero attached hydrogens (tertiary/aromatic N) is 3. The number of ether oxygens (including phenoxy) is 2. The topological polar surface area (TPSA) is 28.2 Å². The van der Waals surface area contributed by atoms with Crippen molar-refractivity contribution in [2.75, 3.05) is 53.1 Å². The van der Waals surface area contributed by atoms with Gasteiger partial charge >= 0.3 is 0 Å². The number of hydrogen-bond donors (Lipinski definition) is 0. The first-order chi connectivity index (χ1) is 11.2. The minimum Gasteiger partial charge on any atom is -0.379 e. The van der Waals surface area contributed by atoms with Crippen LogP contribution in [0.25, 0.3) is 0 Å². The van der Waals surface area contributed by atoms with Crippen LogP contribution < -0.4 is 0 Å². The van der Waals surface area contributed by atoms with Crippen LogP contribution in [-0.2, 0) is 9.47 Å². The summed E-state index contributed by atoms with van der Waals surface area (Å²) in [6.45, 7) is 7.67. The molecule has 0 aromatic heterocycles. The molecule has 0 aromatic rings. The predicted octanol–water partition coefficient (Wildman–Crippen LogP) is 0.541. The highest BCUT2D eigenvalue weighted by Crippen LogP contribution is 2.56. The molecule has 6 rings (SSSR count). The van der Waals surface area contributed by atoms with Crippen LogP contribution in [0.5, 0.6) is 0 Å². The number of likely N-dealkylation sites (N-methyl/N-ethyl adjacent to an activating group) is 1. The van der Waals surface area contributed by atoms with E-state index in [0.717, 1.165) is 38.5 Å². The third kappa shape index (κ3) is 1.45. The lowest BCUT2D eigenvalue weighted by Gasteiger charge is -2.76. The Labute approximate surface area is 138 Å². The summed E-state index contributed by atoms with van der Waals surface area (Å²) < 4.78 is 11.5. The maximum absolute atomic E-state index is 5.76. The predicted molar refractivity (Wildman–Crippen MR) is 86.5 cm³/mol. The molecule has 3 atom stereocenters. The van der Waals surface area contributed by atoms with Crippen LogP contribution in [0.3, 0.4) is 0 Å². The van der Waals surface area contributed by atoms with E-state index in [1.54, 1.807) is 0 Å². The monoisotopic (exact) mass is 319 g/mol. The van der Waals surface area contributed by atoms with E-state index in [-0.39, 0.29) is 0 Å². The summed E-state index contributed by atoms with van der Waals surface area (Å²) in [5.74, 6) is 0. The van der Waals surface area contributed by atoms with Crippen molar-refractivity contribution in [2.45, 2.75) is 60.8 Å². The summed E-state index contributed by atoms with van der Waals surface area (Å²) in [6.07, 6.45) is 6.84. The zero-order valence-corrected chi connectivity index (χ0v) is 14.3. The van der Waals surface area contributed by atoms with Crippen LogP contribution in [0, 0.1) is 0 Å². The molecule has 0 N–H and O–H groups in total. The molecule has 128 valence electrons. The van der Waals surface area contributed by atoms with Crippen LogP contribution in [0.1, 0.15) is 32.1 Å². The molecule has 5 nitrogen and oxygen atoms in total. The Balaban J connectivity index is 1.24. The second-order valence-electron chi connectivity index (χ2n) is 9.09. The zero-order valence-electron chi connectivity index (χ0n) is 14.3. The van der Waals surface area contributed by atoms with Gasteiger partial charge in [0.15, 0.2) is 0 Å². The third-order valence-corrected chi connectivity index (χ3v) is 8.57. The lowest BCUT2D eigenvalue weighted by atomic mass is 9.60. The van der Waals surface area contributed by atoms with Crippen LogP contribution in [0.4, 0.5) is 0 Å². The van der Waals surface area contributed by atoms with Gasteiger partial charge in [-0.3, -0.25) is 14.7 Å². The molecule has 5 heteroatoms. The first-order valence-corrected chi connectivity index (χ1v) is 9.61. The van der Waals surface area contributed by atoms with Gasteiger partial charge in [0.1, 0.15) is 0 Å². The van der Waals surface area contributed by atoms with Gasteiger partial charge in [-0.25, -0.2) is 0 Å². The van der Waals surface area contributed by atoms with Gasteiger partial charge in [-0.1, -0.05) is 0 Å². The van der Waals surface area contributed by atoms with E-state index in [2.05, 4.69) is 21.7 Å². The third-order valence-electron chi connectivity index (χ3n) is 8.57. The van der Waals surface area contributed by atoms with Gasteiger partial charge < -0.3 is 9.47 Å². The fourth-order valence-electron chi connectivity index (χ4n) is 6.57. The fourth-order valence-corrected chi connectivity index (χ4v) is 6.57. The van der Waals surface area contributed by atoms with Gasteiger partial charge in [-0.05, 0) is 39.2 Å². The first-order valence-electron chi connectivity index (χ1n) is 9.61. The molecule has 0 amide bonds. The summed E-state index contributed by atoms with van der Waals surface area (Å²) in [4.78, 5) is 8.30. The molecular formula is C18H29N3O2. The Kier molecular flexibility index (Phi) is 2.62. The molecular weight excluding hydrogens is 290 g/mol.